The van der Waals surface area contributed by atoms with Gasteiger partial charge in [0.1, 0.15) is 5.75 Å². The van der Waals surface area contributed by atoms with E-state index in [-0.39, 0.29) is 16.7 Å². The Bertz CT molecular complexity index is 1050. The SMILES string of the molecule is CN(C)S(=O)(=O)c1ccc(OCCSc2nc3ccccc3n2C(F)F)cc1. The summed E-state index contributed by atoms with van der Waals surface area (Å²) in [5, 5.41) is 0.229. The standard InChI is InChI=1S/C18H19F2N3O3S2/c1-22(2)28(24,25)14-9-7-13(8-10-14)26-11-12-27-18-21-15-5-3-4-6-16(15)23(18)17(19)20/h3-10,17H,11-12H2,1-2H3. The Morgan fingerprint density at radius 1 is 1.14 bits per heavy atom. The Balaban J connectivity index is 1.61. The van der Waals surface area contributed by atoms with Gasteiger partial charge in [0.25, 0.3) is 0 Å². The number of imidazole rings is 1. The number of aromatic nitrogens is 2. The summed E-state index contributed by atoms with van der Waals surface area (Å²) in [5.74, 6) is 0.911. The smallest absolute Gasteiger partial charge is 0.321 e. The number of nitrogens with zero attached hydrogens (tertiary/aromatic N) is 3. The summed E-state index contributed by atoms with van der Waals surface area (Å²) in [6.45, 7) is -2.42. The summed E-state index contributed by atoms with van der Waals surface area (Å²) in [6, 6.07) is 12.8. The predicted molar refractivity (Wildman–Crippen MR) is 105 cm³/mol. The molecule has 6 nitrogen and oxygen atoms in total. The van der Waals surface area contributed by atoms with Gasteiger partial charge in [0.2, 0.25) is 10.0 Å². The number of sulfonamides is 1. The fourth-order valence-electron chi connectivity index (χ4n) is 2.52. The quantitative estimate of drug-likeness (QED) is 0.404. The van der Waals surface area contributed by atoms with Gasteiger partial charge in [-0.05, 0) is 36.4 Å². The molecule has 0 aliphatic carbocycles. The van der Waals surface area contributed by atoms with Crippen LogP contribution in [-0.2, 0) is 10.0 Å². The van der Waals surface area contributed by atoms with Gasteiger partial charge in [-0.15, -0.1) is 0 Å². The van der Waals surface area contributed by atoms with Crippen molar-refractivity contribution in [3.8, 4) is 5.75 Å². The molecule has 0 bridgehead atoms. The van der Waals surface area contributed by atoms with E-state index in [0.717, 1.165) is 8.87 Å². The van der Waals surface area contributed by atoms with Gasteiger partial charge in [-0.2, -0.15) is 8.78 Å². The zero-order valence-corrected chi connectivity index (χ0v) is 16.9. The maximum atomic E-state index is 13.4. The second-order valence-corrected chi connectivity index (χ2v) is 9.20. The number of hydrogen-bond acceptors (Lipinski definition) is 5. The molecule has 1 heterocycles. The van der Waals surface area contributed by atoms with Gasteiger partial charge in [-0.3, -0.25) is 4.57 Å². The third kappa shape index (κ3) is 4.29. The monoisotopic (exact) mass is 427 g/mol. The molecule has 0 unspecified atom stereocenters. The number of ether oxygens (including phenoxy) is 1. The molecule has 0 saturated heterocycles. The molecule has 0 fully saturated rings. The molecule has 150 valence electrons. The molecule has 10 heteroatoms. The molecule has 3 aromatic rings. The lowest BCUT2D eigenvalue weighted by atomic mass is 10.3. The van der Waals surface area contributed by atoms with Crippen molar-refractivity contribution in [2.45, 2.75) is 16.6 Å². The van der Waals surface area contributed by atoms with Crippen LogP contribution in [0.1, 0.15) is 6.55 Å². The van der Waals surface area contributed by atoms with Gasteiger partial charge in [-0.25, -0.2) is 17.7 Å². The highest BCUT2D eigenvalue weighted by Gasteiger charge is 2.18. The number of hydrogen-bond donors (Lipinski definition) is 0. The molecule has 2 aromatic carbocycles. The number of benzene rings is 2. The van der Waals surface area contributed by atoms with Gasteiger partial charge in [0, 0.05) is 19.8 Å². The Labute approximate surface area is 166 Å². The maximum absolute atomic E-state index is 13.4. The minimum atomic E-state index is -3.49. The molecule has 0 saturated carbocycles. The average Bonchev–Trinajstić information content (AvgIpc) is 3.04. The lowest BCUT2D eigenvalue weighted by Gasteiger charge is -2.12. The van der Waals surface area contributed by atoms with Crippen LogP contribution < -0.4 is 4.74 Å². The molecule has 0 amide bonds. The topological polar surface area (TPSA) is 64.4 Å². The summed E-state index contributed by atoms with van der Waals surface area (Å²) in [5.41, 5.74) is 0.905. The van der Waals surface area contributed by atoms with Crippen LogP contribution in [0.5, 0.6) is 5.75 Å². The summed E-state index contributed by atoms with van der Waals surface area (Å²) < 4.78 is 58.4. The number of rotatable bonds is 8. The van der Waals surface area contributed by atoms with E-state index < -0.39 is 16.6 Å². The van der Waals surface area contributed by atoms with E-state index in [1.165, 1.54) is 38.0 Å². The van der Waals surface area contributed by atoms with Crippen LogP contribution in [0.3, 0.4) is 0 Å². The van der Waals surface area contributed by atoms with Gasteiger partial charge in [0.15, 0.2) is 5.16 Å². The van der Waals surface area contributed by atoms with Crippen LogP contribution in [0.2, 0.25) is 0 Å². The summed E-state index contributed by atoms with van der Waals surface area (Å²) in [6.07, 6.45) is 0. The minimum Gasteiger partial charge on any atom is -0.493 e. The number of alkyl halides is 2. The second-order valence-electron chi connectivity index (χ2n) is 5.99. The van der Waals surface area contributed by atoms with Crippen molar-refractivity contribution in [2.75, 3.05) is 26.5 Å². The molecule has 28 heavy (non-hydrogen) atoms. The largest absolute Gasteiger partial charge is 0.493 e. The van der Waals surface area contributed by atoms with Crippen LogP contribution in [0.15, 0.2) is 58.6 Å². The maximum Gasteiger partial charge on any atom is 0.321 e. The van der Waals surface area contributed by atoms with Crippen molar-refractivity contribution in [3.63, 3.8) is 0 Å². The van der Waals surface area contributed by atoms with Crippen LogP contribution >= 0.6 is 11.8 Å². The van der Waals surface area contributed by atoms with E-state index in [4.69, 9.17) is 4.74 Å². The van der Waals surface area contributed by atoms with Crippen LogP contribution in [0.25, 0.3) is 11.0 Å². The lowest BCUT2D eigenvalue weighted by molar-refractivity contribution is 0.0656. The lowest BCUT2D eigenvalue weighted by Crippen LogP contribution is -2.22. The third-order valence-electron chi connectivity index (χ3n) is 3.94. The number of thioether (sulfide) groups is 1. The fourth-order valence-corrected chi connectivity index (χ4v) is 4.25. The van der Waals surface area contributed by atoms with Gasteiger partial charge < -0.3 is 4.74 Å². The van der Waals surface area contributed by atoms with Crippen LogP contribution in [0.4, 0.5) is 8.78 Å². The van der Waals surface area contributed by atoms with Crippen molar-refractivity contribution >= 4 is 32.8 Å². The predicted octanol–water partition coefficient (Wildman–Crippen LogP) is 3.85. The Hall–Kier alpha value is -2.17. The molecule has 0 aliphatic heterocycles. The van der Waals surface area contributed by atoms with E-state index in [9.17, 15) is 17.2 Å². The first-order valence-corrected chi connectivity index (χ1v) is 10.8. The average molecular weight is 427 g/mol. The summed E-state index contributed by atoms with van der Waals surface area (Å²) in [4.78, 5) is 4.42. The Kier molecular flexibility index (Phi) is 6.21. The van der Waals surface area contributed by atoms with E-state index >= 15 is 0 Å². The number of fused-ring (bicyclic) bond motifs is 1. The zero-order chi connectivity index (χ0) is 20.3. The van der Waals surface area contributed by atoms with Crippen molar-refractivity contribution in [3.05, 3.63) is 48.5 Å². The Morgan fingerprint density at radius 2 is 1.82 bits per heavy atom. The highest BCUT2D eigenvalue weighted by molar-refractivity contribution is 7.99. The number of para-hydroxylation sites is 2. The number of halogens is 2. The van der Waals surface area contributed by atoms with Gasteiger partial charge >= 0.3 is 6.55 Å². The molecule has 0 spiro atoms. The molecular formula is C18H19F2N3O3S2. The molecular weight excluding hydrogens is 408 g/mol. The molecule has 3 rings (SSSR count). The molecule has 0 N–H and O–H groups in total. The normalized spacial score (nSPS) is 12.2. The summed E-state index contributed by atoms with van der Waals surface area (Å²) >= 11 is 1.18. The first-order valence-electron chi connectivity index (χ1n) is 8.34. The first-order chi connectivity index (χ1) is 13.3. The molecule has 0 aliphatic rings. The third-order valence-corrected chi connectivity index (χ3v) is 6.69. The molecule has 0 radical (unpaired) electrons. The molecule has 0 atom stereocenters. The van der Waals surface area contributed by atoms with Crippen molar-refractivity contribution in [2.24, 2.45) is 0 Å². The van der Waals surface area contributed by atoms with E-state index in [1.807, 2.05) is 0 Å². The highest BCUT2D eigenvalue weighted by atomic mass is 32.2. The fraction of sp³-hybridized carbons (Fsp3) is 0.278. The summed E-state index contributed by atoms with van der Waals surface area (Å²) in [7, 11) is -0.565. The van der Waals surface area contributed by atoms with Gasteiger partial charge in [-0.1, -0.05) is 23.9 Å². The zero-order valence-electron chi connectivity index (χ0n) is 15.2. The van der Waals surface area contributed by atoms with Gasteiger partial charge in [0.05, 0.1) is 22.5 Å². The van der Waals surface area contributed by atoms with Crippen LogP contribution in [0, 0.1) is 0 Å². The first kappa shape index (κ1) is 20.6. The van der Waals surface area contributed by atoms with E-state index in [0.29, 0.717) is 22.5 Å². The minimum absolute atomic E-state index is 0.171. The van der Waals surface area contributed by atoms with Crippen molar-refractivity contribution < 1.29 is 21.9 Å². The highest BCUT2D eigenvalue weighted by Crippen LogP contribution is 2.29. The van der Waals surface area contributed by atoms with E-state index in [2.05, 4.69) is 4.98 Å². The molecule has 1 aromatic heterocycles. The van der Waals surface area contributed by atoms with Crippen molar-refractivity contribution in [1.82, 2.24) is 13.9 Å². The Morgan fingerprint density at radius 3 is 2.46 bits per heavy atom. The second kappa shape index (κ2) is 8.46. The van der Waals surface area contributed by atoms with Crippen LogP contribution in [-0.4, -0.2) is 48.7 Å². The van der Waals surface area contributed by atoms with E-state index in [1.54, 1.807) is 36.4 Å². The van der Waals surface area contributed by atoms with Crippen molar-refractivity contribution in [1.29, 1.82) is 0 Å².